The number of hydrogen-bond donors (Lipinski definition) is 4. The van der Waals surface area contributed by atoms with Crippen molar-refractivity contribution >= 4 is 5.69 Å². The molecule has 0 amide bonds. The summed E-state index contributed by atoms with van der Waals surface area (Å²) in [5.74, 6) is 0.712. The van der Waals surface area contributed by atoms with Crippen molar-refractivity contribution in [3.63, 3.8) is 0 Å². The van der Waals surface area contributed by atoms with Crippen molar-refractivity contribution in [2.75, 3.05) is 25.0 Å². The fourth-order valence-corrected chi connectivity index (χ4v) is 2.62. The van der Waals surface area contributed by atoms with E-state index in [0.717, 1.165) is 36.6 Å². The Kier molecular flexibility index (Phi) is 3.87. The zero-order valence-corrected chi connectivity index (χ0v) is 11.4. The molecule has 1 aliphatic heterocycles. The van der Waals surface area contributed by atoms with E-state index in [0.29, 0.717) is 5.92 Å². The van der Waals surface area contributed by atoms with Crippen LogP contribution < -0.4 is 16.2 Å². The highest BCUT2D eigenvalue weighted by atomic mass is 16.1. The van der Waals surface area contributed by atoms with Crippen molar-refractivity contribution in [3.8, 4) is 11.3 Å². The van der Waals surface area contributed by atoms with E-state index >= 15 is 0 Å². The van der Waals surface area contributed by atoms with Crippen molar-refractivity contribution in [3.05, 3.63) is 40.7 Å². The lowest BCUT2D eigenvalue weighted by molar-refractivity contribution is 0.393. The van der Waals surface area contributed by atoms with E-state index in [-0.39, 0.29) is 5.56 Å². The molecule has 3 rings (SSSR count). The first-order valence-electron chi connectivity index (χ1n) is 7.14. The number of aromatic nitrogens is 2. The number of hydrogen-bond acceptors (Lipinski definition) is 3. The van der Waals surface area contributed by atoms with E-state index < -0.39 is 0 Å². The van der Waals surface area contributed by atoms with Gasteiger partial charge < -0.3 is 10.6 Å². The lowest BCUT2D eigenvalue weighted by atomic mass is 9.99. The summed E-state index contributed by atoms with van der Waals surface area (Å²) < 4.78 is 0. The summed E-state index contributed by atoms with van der Waals surface area (Å²) in [5.41, 5.74) is 2.84. The predicted octanol–water partition coefficient (Wildman–Crippen LogP) is 1.78. The first-order chi connectivity index (χ1) is 9.81. The number of rotatable bonds is 4. The predicted molar refractivity (Wildman–Crippen MR) is 80.9 cm³/mol. The summed E-state index contributed by atoms with van der Waals surface area (Å²) in [6.07, 6.45) is 2.56. The van der Waals surface area contributed by atoms with Crippen LogP contribution in [0.3, 0.4) is 0 Å². The highest BCUT2D eigenvalue weighted by Crippen LogP contribution is 2.19. The Balaban J connectivity index is 1.59. The molecule has 1 aromatic carbocycles. The highest BCUT2D eigenvalue weighted by Gasteiger charge is 2.12. The van der Waals surface area contributed by atoms with Gasteiger partial charge in [0.1, 0.15) is 0 Å². The molecule has 20 heavy (non-hydrogen) atoms. The molecule has 1 saturated heterocycles. The second-order valence-corrected chi connectivity index (χ2v) is 5.34. The fourth-order valence-electron chi connectivity index (χ4n) is 2.62. The Morgan fingerprint density at radius 3 is 2.70 bits per heavy atom. The van der Waals surface area contributed by atoms with E-state index in [1.54, 1.807) is 6.07 Å². The first-order valence-corrected chi connectivity index (χ1v) is 7.14. The highest BCUT2D eigenvalue weighted by molar-refractivity contribution is 5.62. The summed E-state index contributed by atoms with van der Waals surface area (Å²) in [7, 11) is 0. The van der Waals surface area contributed by atoms with Crippen LogP contribution in [0.4, 0.5) is 5.69 Å². The number of aromatic amines is 2. The molecule has 5 heteroatoms. The molecule has 106 valence electrons. The number of H-pyrrole nitrogens is 2. The van der Waals surface area contributed by atoms with E-state index in [2.05, 4.69) is 33.0 Å². The molecule has 1 aromatic heterocycles. The van der Waals surface area contributed by atoms with Crippen LogP contribution in [-0.4, -0.2) is 29.8 Å². The van der Waals surface area contributed by atoms with Crippen molar-refractivity contribution < 1.29 is 0 Å². The molecule has 4 N–H and O–H groups in total. The number of nitrogens with one attached hydrogen (secondary N) is 4. The maximum absolute atomic E-state index is 11.1. The van der Waals surface area contributed by atoms with Gasteiger partial charge in [-0.15, -0.1) is 0 Å². The molecule has 0 spiro atoms. The second-order valence-electron chi connectivity index (χ2n) is 5.34. The standard InChI is InChI=1S/C15H20N4O/c20-15-8-14(18-19-15)12-3-5-13(6-4-12)17-10-11-2-1-7-16-9-11/h3-6,8,11,16-17H,1-2,7,9-10H2,(H2,18,19,20). The quantitative estimate of drug-likeness (QED) is 0.685. The molecule has 1 fully saturated rings. The van der Waals surface area contributed by atoms with Crippen LogP contribution in [0.1, 0.15) is 12.8 Å². The van der Waals surface area contributed by atoms with Gasteiger partial charge in [-0.1, -0.05) is 12.1 Å². The number of anilines is 1. The number of piperidine rings is 1. The van der Waals surface area contributed by atoms with Gasteiger partial charge >= 0.3 is 0 Å². The molecular weight excluding hydrogens is 252 g/mol. The Bertz CT molecular complexity index is 593. The fraction of sp³-hybridized carbons (Fsp3) is 0.400. The largest absolute Gasteiger partial charge is 0.385 e. The van der Waals surface area contributed by atoms with Gasteiger partial charge in [-0.3, -0.25) is 15.0 Å². The van der Waals surface area contributed by atoms with Crippen LogP contribution in [0.2, 0.25) is 0 Å². The van der Waals surface area contributed by atoms with Crippen molar-refractivity contribution in [2.45, 2.75) is 12.8 Å². The van der Waals surface area contributed by atoms with Crippen LogP contribution >= 0.6 is 0 Å². The molecule has 0 bridgehead atoms. The van der Waals surface area contributed by atoms with Crippen LogP contribution in [0, 0.1) is 5.92 Å². The molecule has 1 unspecified atom stereocenters. The third-order valence-electron chi connectivity index (χ3n) is 3.79. The maximum atomic E-state index is 11.1. The molecular formula is C15H20N4O. The monoisotopic (exact) mass is 272 g/mol. The molecule has 2 aromatic rings. The average molecular weight is 272 g/mol. The van der Waals surface area contributed by atoms with E-state index in [1.165, 1.54) is 12.8 Å². The molecule has 0 radical (unpaired) electrons. The third-order valence-corrected chi connectivity index (χ3v) is 3.79. The summed E-state index contributed by atoms with van der Waals surface area (Å²) in [6, 6.07) is 9.70. The van der Waals surface area contributed by atoms with Crippen LogP contribution in [-0.2, 0) is 0 Å². The zero-order valence-electron chi connectivity index (χ0n) is 11.4. The Hall–Kier alpha value is -2.01. The first kappa shape index (κ1) is 13.0. The van der Waals surface area contributed by atoms with Crippen molar-refractivity contribution in [1.29, 1.82) is 0 Å². The van der Waals surface area contributed by atoms with Gasteiger partial charge in [-0.25, -0.2) is 0 Å². The summed E-state index contributed by atoms with van der Waals surface area (Å²) in [6.45, 7) is 3.27. The second kappa shape index (κ2) is 5.96. The molecule has 1 atom stereocenters. The lowest BCUT2D eigenvalue weighted by Crippen LogP contribution is -2.33. The molecule has 1 aliphatic rings. The summed E-state index contributed by atoms with van der Waals surface area (Å²) in [5, 5.41) is 12.3. The molecule has 0 saturated carbocycles. The average Bonchev–Trinajstić information content (AvgIpc) is 2.93. The van der Waals surface area contributed by atoms with Gasteiger partial charge in [0.25, 0.3) is 5.56 Å². The van der Waals surface area contributed by atoms with Crippen LogP contribution in [0.25, 0.3) is 11.3 Å². The smallest absolute Gasteiger partial charge is 0.264 e. The molecule has 0 aliphatic carbocycles. The minimum atomic E-state index is -0.105. The van der Waals surface area contributed by atoms with Crippen LogP contribution in [0.15, 0.2) is 35.1 Å². The van der Waals surface area contributed by atoms with E-state index in [4.69, 9.17) is 0 Å². The maximum Gasteiger partial charge on any atom is 0.264 e. The van der Waals surface area contributed by atoms with E-state index in [1.807, 2.05) is 12.1 Å². The number of benzene rings is 1. The topological polar surface area (TPSA) is 72.7 Å². The van der Waals surface area contributed by atoms with Gasteiger partial charge in [0.15, 0.2) is 0 Å². The van der Waals surface area contributed by atoms with Gasteiger partial charge in [-0.2, -0.15) is 0 Å². The minimum absolute atomic E-state index is 0.105. The van der Waals surface area contributed by atoms with E-state index in [9.17, 15) is 4.79 Å². The summed E-state index contributed by atoms with van der Waals surface area (Å²) >= 11 is 0. The van der Waals surface area contributed by atoms with Gasteiger partial charge in [-0.05, 0) is 49.5 Å². The molecule has 2 heterocycles. The van der Waals surface area contributed by atoms with Crippen molar-refractivity contribution in [1.82, 2.24) is 15.5 Å². The van der Waals surface area contributed by atoms with Crippen LogP contribution in [0.5, 0.6) is 0 Å². The Labute approximate surface area is 117 Å². The molecule has 5 nitrogen and oxygen atoms in total. The van der Waals surface area contributed by atoms with Crippen molar-refractivity contribution in [2.24, 2.45) is 5.92 Å². The lowest BCUT2D eigenvalue weighted by Gasteiger charge is -2.23. The van der Waals surface area contributed by atoms with Gasteiger partial charge in [0.2, 0.25) is 0 Å². The normalized spacial score (nSPS) is 18.9. The van der Waals surface area contributed by atoms with Gasteiger partial charge in [0.05, 0.1) is 5.69 Å². The minimum Gasteiger partial charge on any atom is -0.385 e. The third kappa shape index (κ3) is 3.11. The van der Waals surface area contributed by atoms with Gasteiger partial charge in [0, 0.05) is 18.3 Å². The zero-order chi connectivity index (χ0) is 13.8. The summed E-state index contributed by atoms with van der Waals surface area (Å²) in [4.78, 5) is 11.1. The Morgan fingerprint density at radius 2 is 2.05 bits per heavy atom. The SMILES string of the molecule is O=c1cc(-c2ccc(NCC3CCCNC3)cc2)[nH][nH]1. The Morgan fingerprint density at radius 1 is 1.20 bits per heavy atom.